The van der Waals surface area contributed by atoms with E-state index in [2.05, 4.69) is 37.6 Å². The second kappa shape index (κ2) is 9.72. The molecule has 0 radical (unpaired) electrons. The summed E-state index contributed by atoms with van der Waals surface area (Å²) in [6, 6.07) is 7.86. The first-order chi connectivity index (χ1) is 12.1. The van der Waals surface area contributed by atoms with Crippen LogP contribution >= 0.6 is 35.3 Å². The fourth-order valence-electron chi connectivity index (χ4n) is 3.00. The molecule has 1 fully saturated rings. The molecule has 2 N–H and O–H groups in total. The van der Waals surface area contributed by atoms with Gasteiger partial charge in [0.25, 0.3) is 0 Å². The third-order valence-corrected chi connectivity index (χ3v) is 5.35. The lowest BCUT2D eigenvalue weighted by atomic mass is 10.0. The monoisotopic (exact) mass is 490 g/mol. The standard InChI is InChI=1S/C18H26N4O2S.HI/c1-18(23,16-6-3-11-24-16)14-20-17(19-2)22-9-7-21(8-10-22)13-15-5-4-12-25-15;/h3-6,11-12,23H,7-10,13-14H2,1-2H3,(H,19,20);1H. The van der Waals surface area contributed by atoms with Crippen molar-refractivity contribution in [1.82, 2.24) is 15.1 Å². The van der Waals surface area contributed by atoms with Gasteiger partial charge in [-0.3, -0.25) is 9.89 Å². The molecule has 1 aliphatic heterocycles. The highest BCUT2D eigenvalue weighted by Gasteiger charge is 2.28. The molecule has 0 spiro atoms. The Bertz CT molecular complexity index is 665. The van der Waals surface area contributed by atoms with Gasteiger partial charge in [-0.15, -0.1) is 35.3 Å². The Balaban J connectivity index is 0.00000243. The number of guanidine groups is 1. The van der Waals surface area contributed by atoms with Gasteiger partial charge in [-0.05, 0) is 30.5 Å². The number of piperazine rings is 1. The average molecular weight is 490 g/mol. The topological polar surface area (TPSA) is 64.2 Å². The van der Waals surface area contributed by atoms with Crippen molar-refractivity contribution in [2.24, 2.45) is 4.99 Å². The van der Waals surface area contributed by atoms with Crippen LogP contribution in [0.15, 0.2) is 45.3 Å². The number of hydrogen-bond donors (Lipinski definition) is 2. The summed E-state index contributed by atoms with van der Waals surface area (Å²) in [6.07, 6.45) is 1.57. The zero-order chi connectivity index (χ0) is 17.7. The summed E-state index contributed by atoms with van der Waals surface area (Å²) in [5.74, 6) is 1.37. The van der Waals surface area contributed by atoms with Gasteiger partial charge in [-0.25, -0.2) is 0 Å². The molecule has 0 bridgehead atoms. The number of hydrogen-bond acceptors (Lipinski definition) is 5. The summed E-state index contributed by atoms with van der Waals surface area (Å²) in [7, 11) is 1.78. The lowest BCUT2D eigenvalue weighted by molar-refractivity contribution is 0.0376. The molecule has 0 aliphatic carbocycles. The van der Waals surface area contributed by atoms with Crippen LogP contribution < -0.4 is 5.32 Å². The van der Waals surface area contributed by atoms with E-state index in [0.717, 1.165) is 38.7 Å². The van der Waals surface area contributed by atoms with Gasteiger partial charge in [0.1, 0.15) is 11.4 Å². The first-order valence-corrected chi connectivity index (χ1v) is 9.43. The molecule has 1 atom stereocenters. The maximum atomic E-state index is 10.6. The van der Waals surface area contributed by atoms with Crippen LogP contribution in [0.4, 0.5) is 0 Å². The molecule has 2 aromatic heterocycles. The fourth-order valence-corrected chi connectivity index (χ4v) is 3.74. The predicted molar refractivity (Wildman–Crippen MR) is 116 cm³/mol. The van der Waals surface area contributed by atoms with Crippen molar-refractivity contribution < 1.29 is 9.52 Å². The summed E-state index contributed by atoms with van der Waals surface area (Å²) < 4.78 is 5.32. The second-order valence-corrected chi connectivity index (χ2v) is 7.53. The molecule has 3 heterocycles. The highest BCUT2D eigenvalue weighted by molar-refractivity contribution is 14.0. The van der Waals surface area contributed by atoms with Gasteiger partial charge >= 0.3 is 0 Å². The van der Waals surface area contributed by atoms with Crippen LogP contribution in [0.1, 0.15) is 17.6 Å². The predicted octanol–water partition coefficient (Wildman–Crippen LogP) is 2.56. The van der Waals surface area contributed by atoms with Crippen molar-refractivity contribution in [2.45, 2.75) is 19.1 Å². The van der Waals surface area contributed by atoms with E-state index >= 15 is 0 Å². The molecular formula is C18H27IN4O2S. The van der Waals surface area contributed by atoms with Gasteiger partial charge in [0.05, 0.1) is 12.8 Å². The summed E-state index contributed by atoms with van der Waals surface area (Å²) in [6.45, 7) is 6.97. The maximum Gasteiger partial charge on any atom is 0.193 e. The molecule has 0 saturated carbocycles. The van der Waals surface area contributed by atoms with E-state index in [4.69, 9.17) is 4.42 Å². The number of halogens is 1. The van der Waals surface area contributed by atoms with E-state index in [1.165, 1.54) is 4.88 Å². The number of furan rings is 1. The van der Waals surface area contributed by atoms with Crippen molar-refractivity contribution >= 4 is 41.3 Å². The van der Waals surface area contributed by atoms with Gasteiger partial charge in [0.15, 0.2) is 5.96 Å². The average Bonchev–Trinajstić information content (AvgIpc) is 3.30. The zero-order valence-corrected chi connectivity index (χ0v) is 18.4. The van der Waals surface area contributed by atoms with Crippen molar-refractivity contribution in [3.05, 3.63) is 46.5 Å². The van der Waals surface area contributed by atoms with Gasteiger partial charge in [0.2, 0.25) is 0 Å². The minimum absolute atomic E-state index is 0. The molecule has 0 amide bonds. The first-order valence-electron chi connectivity index (χ1n) is 8.55. The number of aliphatic hydroxyl groups is 1. The van der Waals surface area contributed by atoms with Gasteiger partial charge in [-0.2, -0.15) is 0 Å². The van der Waals surface area contributed by atoms with Gasteiger partial charge in [-0.1, -0.05) is 6.07 Å². The van der Waals surface area contributed by atoms with Crippen LogP contribution in [0.5, 0.6) is 0 Å². The summed E-state index contributed by atoms with van der Waals surface area (Å²) in [5.41, 5.74) is -1.07. The van der Waals surface area contributed by atoms with Crippen LogP contribution in [0.25, 0.3) is 0 Å². The molecule has 8 heteroatoms. The zero-order valence-electron chi connectivity index (χ0n) is 15.2. The Morgan fingerprint density at radius 1 is 1.31 bits per heavy atom. The minimum atomic E-state index is -1.07. The molecule has 144 valence electrons. The molecular weight excluding hydrogens is 463 g/mol. The largest absolute Gasteiger partial charge is 0.466 e. The van der Waals surface area contributed by atoms with Gasteiger partial charge < -0.3 is 19.7 Å². The first kappa shape index (κ1) is 21.2. The number of aliphatic imine (C=N–C) groups is 1. The fraction of sp³-hybridized carbons (Fsp3) is 0.500. The van der Waals surface area contributed by atoms with Crippen molar-refractivity contribution in [3.63, 3.8) is 0 Å². The van der Waals surface area contributed by atoms with Crippen LogP contribution in [0.3, 0.4) is 0 Å². The quantitative estimate of drug-likeness (QED) is 0.383. The normalized spacial score (nSPS) is 18.3. The smallest absolute Gasteiger partial charge is 0.193 e. The van der Waals surface area contributed by atoms with Gasteiger partial charge in [0, 0.05) is 44.6 Å². The van der Waals surface area contributed by atoms with Crippen LogP contribution in [0.2, 0.25) is 0 Å². The third-order valence-electron chi connectivity index (χ3n) is 4.49. The van der Waals surface area contributed by atoms with E-state index in [1.807, 2.05) is 11.3 Å². The van der Waals surface area contributed by atoms with E-state index in [1.54, 1.807) is 32.4 Å². The highest BCUT2D eigenvalue weighted by atomic mass is 127. The Labute approximate surface area is 175 Å². The lowest BCUT2D eigenvalue weighted by Gasteiger charge is -2.37. The van der Waals surface area contributed by atoms with E-state index in [0.29, 0.717) is 12.3 Å². The number of nitrogens with one attached hydrogen (secondary N) is 1. The summed E-state index contributed by atoms with van der Waals surface area (Å²) >= 11 is 1.81. The molecule has 2 aromatic rings. The molecule has 1 unspecified atom stereocenters. The Hall–Kier alpha value is -1.10. The number of nitrogens with zero attached hydrogens (tertiary/aromatic N) is 3. The maximum absolute atomic E-state index is 10.6. The second-order valence-electron chi connectivity index (χ2n) is 6.49. The number of thiophene rings is 1. The Morgan fingerprint density at radius 2 is 2.08 bits per heavy atom. The van der Waals surface area contributed by atoms with E-state index in [9.17, 15) is 5.11 Å². The molecule has 6 nitrogen and oxygen atoms in total. The molecule has 26 heavy (non-hydrogen) atoms. The lowest BCUT2D eigenvalue weighted by Crippen LogP contribution is -2.53. The Kier molecular flexibility index (Phi) is 7.93. The number of rotatable bonds is 5. The molecule has 1 saturated heterocycles. The van der Waals surface area contributed by atoms with E-state index in [-0.39, 0.29) is 24.0 Å². The van der Waals surface area contributed by atoms with Crippen molar-refractivity contribution in [3.8, 4) is 0 Å². The molecule has 3 rings (SSSR count). The van der Waals surface area contributed by atoms with E-state index < -0.39 is 5.60 Å². The van der Waals surface area contributed by atoms with Crippen molar-refractivity contribution in [1.29, 1.82) is 0 Å². The third kappa shape index (κ3) is 5.45. The van der Waals surface area contributed by atoms with Crippen molar-refractivity contribution in [2.75, 3.05) is 39.8 Å². The summed E-state index contributed by atoms with van der Waals surface area (Å²) in [4.78, 5) is 10.5. The summed E-state index contributed by atoms with van der Waals surface area (Å²) in [5, 5.41) is 16.0. The van der Waals surface area contributed by atoms with Crippen LogP contribution in [0, 0.1) is 0 Å². The molecule has 0 aromatic carbocycles. The molecule has 1 aliphatic rings. The van der Waals surface area contributed by atoms with Crippen LogP contribution in [-0.2, 0) is 12.1 Å². The minimum Gasteiger partial charge on any atom is -0.466 e. The van der Waals surface area contributed by atoms with Crippen LogP contribution in [-0.4, -0.2) is 60.6 Å². The SMILES string of the molecule is CN=C(NCC(C)(O)c1ccco1)N1CCN(Cc2cccs2)CC1.I. The highest BCUT2D eigenvalue weighted by Crippen LogP contribution is 2.20. The Morgan fingerprint density at radius 3 is 2.65 bits per heavy atom.